The molecule has 5 rings (SSSR count). The number of rotatable bonds is 12. The monoisotopic (exact) mass is 629 g/mol. The number of hydrogen-bond acceptors (Lipinski definition) is 4. The predicted octanol–water partition coefficient (Wildman–Crippen LogP) is 8.19. The number of para-hydroxylation sites is 1. The van der Waals surface area contributed by atoms with Gasteiger partial charge in [-0.1, -0.05) is 69.2 Å². The van der Waals surface area contributed by atoms with E-state index in [1.54, 1.807) is 19.2 Å². The second-order valence-electron chi connectivity index (χ2n) is 12.8. The van der Waals surface area contributed by atoms with E-state index in [4.69, 9.17) is 9.47 Å². The standard InChI is InChI=1S/C23H28N2O2.C16H24FNO/c1-4-5-12-25-16-19(20-10-7-11-21(27-3)23(20)25)14-22(26)24-15-18-9-6-8-17(2)13-18;1-13-3-4-14(2)12-18(11-13)9-10-19-16-7-5-15(17)6-8-16/h6-11,13,16H,4-5,12,14-15H2,1-3H3,(H,24,26);5-8,13-14H,3-4,9-12H2,1-2H3. The molecule has 1 saturated heterocycles. The van der Waals surface area contributed by atoms with Crippen molar-refractivity contribution in [1.29, 1.82) is 0 Å². The smallest absolute Gasteiger partial charge is 0.224 e. The molecule has 0 radical (unpaired) electrons. The zero-order chi connectivity index (χ0) is 32.9. The fourth-order valence-electron chi connectivity index (χ4n) is 6.18. The summed E-state index contributed by atoms with van der Waals surface area (Å²) in [5.41, 5.74) is 4.44. The summed E-state index contributed by atoms with van der Waals surface area (Å²) in [6, 6.07) is 20.5. The van der Waals surface area contributed by atoms with Gasteiger partial charge in [0.15, 0.2) is 0 Å². The summed E-state index contributed by atoms with van der Waals surface area (Å²) in [5.74, 6) is 2.97. The number of hydrogen-bond donors (Lipinski definition) is 1. The summed E-state index contributed by atoms with van der Waals surface area (Å²) < 4.78 is 26.2. The van der Waals surface area contributed by atoms with Gasteiger partial charge in [-0.3, -0.25) is 9.69 Å². The van der Waals surface area contributed by atoms with Crippen molar-refractivity contribution in [2.75, 3.05) is 33.4 Å². The number of carbonyl (C=O) groups is 1. The Kier molecular flexibility index (Phi) is 13.5. The Balaban J connectivity index is 0.000000222. The molecule has 46 heavy (non-hydrogen) atoms. The lowest BCUT2D eigenvalue weighted by atomic mass is 10.0. The molecule has 0 bridgehead atoms. The number of aryl methyl sites for hydroxylation is 2. The molecule has 0 saturated carbocycles. The van der Waals surface area contributed by atoms with Crippen molar-refractivity contribution in [3.8, 4) is 11.5 Å². The quantitative estimate of drug-likeness (QED) is 0.172. The number of halogens is 1. The maximum absolute atomic E-state index is 12.8. The van der Waals surface area contributed by atoms with Crippen molar-refractivity contribution in [1.82, 2.24) is 14.8 Å². The van der Waals surface area contributed by atoms with Crippen molar-refractivity contribution in [3.63, 3.8) is 0 Å². The van der Waals surface area contributed by atoms with Crippen molar-refractivity contribution in [2.24, 2.45) is 11.8 Å². The first-order valence-corrected chi connectivity index (χ1v) is 16.8. The lowest BCUT2D eigenvalue weighted by Crippen LogP contribution is -2.33. The fourth-order valence-corrected chi connectivity index (χ4v) is 6.18. The summed E-state index contributed by atoms with van der Waals surface area (Å²) >= 11 is 0. The maximum Gasteiger partial charge on any atom is 0.224 e. The van der Waals surface area contributed by atoms with E-state index in [0.29, 0.717) is 19.6 Å². The van der Waals surface area contributed by atoms with Crippen LogP contribution in [0.15, 0.2) is 72.9 Å². The van der Waals surface area contributed by atoms with Gasteiger partial charge in [-0.2, -0.15) is 0 Å². The number of nitrogens with zero attached hydrogens (tertiary/aromatic N) is 2. The summed E-state index contributed by atoms with van der Waals surface area (Å²) in [7, 11) is 1.69. The van der Waals surface area contributed by atoms with Crippen LogP contribution in [0.3, 0.4) is 0 Å². The van der Waals surface area contributed by atoms with Gasteiger partial charge in [0.2, 0.25) is 5.91 Å². The van der Waals surface area contributed by atoms with E-state index in [9.17, 15) is 9.18 Å². The lowest BCUT2D eigenvalue weighted by molar-refractivity contribution is -0.120. The number of aromatic nitrogens is 1. The highest BCUT2D eigenvalue weighted by molar-refractivity contribution is 5.92. The molecule has 1 fully saturated rings. The molecule has 2 atom stereocenters. The highest BCUT2D eigenvalue weighted by Gasteiger charge is 2.19. The van der Waals surface area contributed by atoms with Gasteiger partial charge in [-0.05, 0) is 79.5 Å². The topological polar surface area (TPSA) is 55.7 Å². The molecule has 2 heterocycles. The molecule has 2 unspecified atom stereocenters. The van der Waals surface area contributed by atoms with Crippen LogP contribution in [0, 0.1) is 24.6 Å². The number of benzene rings is 3. The third-order valence-corrected chi connectivity index (χ3v) is 8.62. The lowest BCUT2D eigenvalue weighted by Gasteiger charge is -2.23. The molecule has 1 aliphatic rings. The van der Waals surface area contributed by atoms with Crippen LogP contribution in [-0.4, -0.2) is 48.7 Å². The Morgan fingerprint density at radius 2 is 1.70 bits per heavy atom. The highest BCUT2D eigenvalue weighted by Crippen LogP contribution is 2.30. The van der Waals surface area contributed by atoms with E-state index in [0.717, 1.165) is 84.4 Å². The molecule has 7 heteroatoms. The Bertz CT molecular complexity index is 1500. The van der Waals surface area contributed by atoms with Crippen LogP contribution in [0.4, 0.5) is 4.39 Å². The molecular weight excluding hydrogens is 577 g/mol. The first kappa shape index (κ1) is 35.0. The van der Waals surface area contributed by atoms with Gasteiger partial charge >= 0.3 is 0 Å². The Morgan fingerprint density at radius 1 is 0.978 bits per heavy atom. The van der Waals surface area contributed by atoms with E-state index < -0.39 is 0 Å². The van der Waals surface area contributed by atoms with Crippen molar-refractivity contribution >= 4 is 16.8 Å². The summed E-state index contributed by atoms with van der Waals surface area (Å²) in [5, 5.41) is 4.13. The minimum Gasteiger partial charge on any atom is -0.495 e. The molecule has 248 valence electrons. The normalized spacial score (nSPS) is 16.7. The minimum absolute atomic E-state index is 0.0360. The zero-order valence-corrected chi connectivity index (χ0v) is 28.4. The molecule has 6 nitrogen and oxygen atoms in total. The van der Waals surface area contributed by atoms with E-state index in [2.05, 4.69) is 66.9 Å². The second-order valence-corrected chi connectivity index (χ2v) is 12.8. The van der Waals surface area contributed by atoms with Gasteiger partial charge in [0.1, 0.15) is 23.9 Å². The SMILES string of the molecule is CC1CCC(C)CN(CCOc2ccc(F)cc2)C1.CCCCn1cc(CC(=O)NCc2cccc(C)c2)c2cccc(OC)c21. The molecule has 0 aliphatic carbocycles. The number of amides is 1. The summed E-state index contributed by atoms with van der Waals surface area (Å²) in [6.45, 7) is 14.3. The van der Waals surface area contributed by atoms with Crippen molar-refractivity contribution < 1.29 is 18.7 Å². The number of ether oxygens (including phenoxy) is 2. The van der Waals surface area contributed by atoms with Gasteiger partial charge in [-0.15, -0.1) is 0 Å². The van der Waals surface area contributed by atoms with Crippen LogP contribution < -0.4 is 14.8 Å². The number of unbranched alkanes of at least 4 members (excludes halogenated alkanes) is 1. The van der Waals surface area contributed by atoms with E-state index in [1.165, 1.54) is 30.5 Å². The molecule has 1 aromatic heterocycles. The molecule has 0 spiro atoms. The van der Waals surface area contributed by atoms with Gasteiger partial charge in [-0.25, -0.2) is 4.39 Å². The van der Waals surface area contributed by atoms with E-state index in [-0.39, 0.29) is 11.7 Å². The third-order valence-electron chi connectivity index (χ3n) is 8.62. The average molecular weight is 630 g/mol. The maximum atomic E-state index is 12.8. The summed E-state index contributed by atoms with van der Waals surface area (Å²) in [6.07, 6.45) is 7.36. The minimum atomic E-state index is -0.220. The highest BCUT2D eigenvalue weighted by atomic mass is 19.1. The van der Waals surface area contributed by atoms with Crippen LogP contribution in [0.1, 0.15) is 63.1 Å². The third kappa shape index (κ3) is 10.6. The molecule has 4 aromatic rings. The molecule has 3 aromatic carbocycles. The van der Waals surface area contributed by atoms with Gasteiger partial charge < -0.3 is 19.4 Å². The van der Waals surface area contributed by atoms with Crippen LogP contribution in [-0.2, 0) is 24.3 Å². The van der Waals surface area contributed by atoms with Crippen LogP contribution >= 0.6 is 0 Å². The molecule has 1 aliphatic heterocycles. The molecule has 1 N–H and O–H groups in total. The van der Waals surface area contributed by atoms with E-state index in [1.807, 2.05) is 24.3 Å². The first-order chi connectivity index (χ1) is 22.2. The summed E-state index contributed by atoms with van der Waals surface area (Å²) in [4.78, 5) is 15.0. The van der Waals surface area contributed by atoms with Crippen molar-refractivity contribution in [2.45, 2.75) is 72.9 Å². The Morgan fingerprint density at radius 3 is 2.37 bits per heavy atom. The number of likely N-dealkylation sites (tertiary alicyclic amines) is 1. The second kappa shape index (κ2) is 17.7. The first-order valence-electron chi connectivity index (χ1n) is 16.8. The average Bonchev–Trinajstić information content (AvgIpc) is 3.30. The Labute approximate surface area is 274 Å². The molecule has 1 amide bonds. The van der Waals surface area contributed by atoms with Gasteiger partial charge in [0.25, 0.3) is 0 Å². The van der Waals surface area contributed by atoms with Gasteiger partial charge in [0, 0.05) is 44.3 Å². The number of fused-ring (bicyclic) bond motifs is 1. The number of methoxy groups -OCH3 is 1. The fraction of sp³-hybridized carbons (Fsp3) is 0.462. The Hall–Kier alpha value is -3.84. The number of carbonyl (C=O) groups excluding carboxylic acids is 1. The van der Waals surface area contributed by atoms with Crippen molar-refractivity contribution in [3.05, 3.63) is 95.4 Å². The van der Waals surface area contributed by atoms with E-state index >= 15 is 0 Å². The molecular formula is C39H52FN3O3. The van der Waals surface area contributed by atoms with Crippen LogP contribution in [0.25, 0.3) is 10.9 Å². The largest absolute Gasteiger partial charge is 0.495 e. The predicted molar refractivity (Wildman–Crippen MR) is 186 cm³/mol. The van der Waals surface area contributed by atoms with Gasteiger partial charge in [0.05, 0.1) is 19.0 Å². The van der Waals surface area contributed by atoms with Crippen LogP contribution in [0.5, 0.6) is 11.5 Å². The van der Waals surface area contributed by atoms with Crippen LogP contribution in [0.2, 0.25) is 0 Å². The number of nitrogens with one attached hydrogen (secondary N) is 1. The zero-order valence-electron chi connectivity index (χ0n) is 28.4.